The Bertz CT molecular complexity index is 1400. The molecule has 0 saturated carbocycles. The molecule has 0 radical (unpaired) electrons. The maximum absolute atomic E-state index is 13.4. The van der Waals surface area contributed by atoms with E-state index in [9.17, 15) is 9.59 Å². The van der Waals surface area contributed by atoms with Crippen LogP contribution in [0.1, 0.15) is 113 Å². The van der Waals surface area contributed by atoms with Crippen molar-refractivity contribution in [3.63, 3.8) is 0 Å². The van der Waals surface area contributed by atoms with Gasteiger partial charge in [0.25, 0.3) is 0 Å². The van der Waals surface area contributed by atoms with Crippen LogP contribution in [-0.4, -0.2) is 56.4 Å². The normalized spacial score (nSPS) is 21.0. The fraction of sp³-hybridized carbons (Fsp3) is 0.500. The van der Waals surface area contributed by atoms with Gasteiger partial charge in [0.1, 0.15) is 12.2 Å². The largest absolute Gasteiger partial charge is 0.459 e. The van der Waals surface area contributed by atoms with Crippen LogP contribution in [0.2, 0.25) is 0 Å². The third-order valence-electron chi connectivity index (χ3n) is 9.40. The molecule has 48 heavy (non-hydrogen) atoms. The highest BCUT2D eigenvalue weighted by Crippen LogP contribution is 2.42. The summed E-state index contributed by atoms with van der Waals surface area (Å²) in [6.45, 7) is 17.8. The Morgan fingerprint density at radius 1 is 0.542 bits per heavy atom. The molecule has 3 aromatic carbocycles. The molecule has 0 unspecified atom stereocenters. The van der Waals surface area contributed by atoms with E-state index in [0.717, 1.165) is 11.1 Å². The van der Waals surface area contributed by atoms with Gasteiger partial charge in [-0.05, 0) is 84.7 Å². The summed E-state index contributed by atoms with van der Waals surface area (Å²) in [6.07, 6.45) is 1.81. The first kappa shape index (κ1) is 35.7. The fourth-order valence-corrected chi connectivity index (χ4v) is 7.85. The molecule has 2 aliphatic heterocycles. The van der Waals surface area contributed by atoms with Crippen molar-refractivity contribution in [1.82, 2.24) is 10.1 Å². The van der Waals surface area contributed by atoms with Crippen LogP contribution >= 0.6 is 0 Å². The summed E-state index contributed by atoms with van der Waals surface area (Å²) in [4.78, 5) is 39.5. The number of ether oxygens (including phenoxy) is 2. The minimum absolute atomic E-state index is 0.312. The highest BCUT2D eigenvalue weighted by molar-refractivity contribution is 5.95. The van der Waals surface area contributed by atoms with Crippen LogP contribution in [0.25, 0.3) is 0 Å². The van der Waals surface area contributed by atoms with Gasteiger partial charge < -0.3 is 9.47 Å². The highest BCUT2D eigenvalue weighted by atomic mass is 16.7. The minimum Gasteiger partial charge on any atom is -0.459 e. The zero-order valence-corrected chi connectivity index (χ0v) is 29.8. The molecular formula is C40H52N2O6. The van der Waals surface area contributed by atoms with Gasteiger partial charge in [-0.3, -0.25) is 9.68 Å². The van der Waals surface area contributed by atoms with Crippen LogP contribution in [0.15, 0.2) is 84.9 Å². The number of hydrogen-bond donors (Lipinski definition) is 0. The van der Waals surface area contributed by atoms with Gasteiger partial charge in [0.2, 0.25) is 0 Å². The number of esters is 2. The van der Waals surface area contributed by atoms with E-state index in [1.165, 1.54) is 0 Å². The van der Waals surface area contributed by atoms with E-state index in [2.05, 4.69) is 65.5 Å². The molecule has 0 aliphatic carbocycles. The second-order valence-corrected chi connectivity index (χ2v) is 15.8. The van der Waals surface area contributed by atoms with Crippen molar-refractivity contribution >= 4 is 11.9 Å². The quantitative estimate of drug-likeness (QED) is 0.202. The lowest BCUT2D eigenvalue weighted by Crippen LogP contribution is -2.61. The summed E-state index contributed by atoms with van der Waals surface area (Å²) in [5, 5.41) is 4.10. The van der Waals surface area contributed by atoms with Crippen molar-refractivity contribution in [2.24, 2.45) is 0 Å². The molecule has 0 spiro atoms. The fourth-order valence-electron chi connectivity index (χ4n) is 7.85. The van der Waals surface area contributed by atoms with Gasteiger partial charge >= 0.3 is 11.9 Å². The molecule has 3 aromatic rings. The molecule has 0 aromatic heterocycles. The van der Waals surface area contributed by atoms with E-state index in [1.54, 1.807) is 24.3 Å². The zero-order chi connectivity index (χ0) is 34.7. The molecular weight excluding hydrogens is 604 g/mol. The van der Waals surface area contributed by atoms with Crippen molar-refractivity contribution < 1.29 is 28.7 Å². The number of piperidine rings is 2. The van der Waals surface area contributed by atoms with E-state index in [1.807, 2.05) is 60.7 Å². The standard InChI is InChI=1S/C40H52N2O6/c1-37(2)23-33(24-38(3,4)41(37)45-27-29-16-11-9-12-17-29)47-35(43)31-20-15-21-32(22-31)36(44)48-34-25-39(5,6)42(40(7,8)26-34)46-28-30-18-13-10-14-19-30/h9-22,33-34H,23-28H2,1-8H3. The van der Waals surface area contributed by atoms with Crippen molar-refractivity contribution in [1.29, 1.82) is 0 Å². The van der Waals surface area contributed by atoms with Gasteiger partial charge in [0, 0.05) is 47.8 Å². The lowest BCUT2D eigenvalue weighted by atomic mass is 9.80. The van der Waals surface area contributed by atoms with Crippen LogP contribution in [-0.2, 0) is 32.4 Å². The smallest absolute Gasteiger partial charge is 0.338 e. The Balaban J connectivity index is 1.19. The van der Waals surface area contributed by atoms with Gasteiger partial charge in [-0.1, -0.05) is 66.7 Å². The number of hydroxylamine groups is 4. The lowest BCUT2D eigenvalue weighted by Gasteiger charge is -2.53. The molecule has 2 heterocycles. The second kappa shape index (κ2) is 14.1. The Labute approximate surface area is 286 Å². The van der Waals surface area contributed by atoms with Crippen LogP contribution in [0.5, 0.6) is 0 Å². The van der Waals surface area contributed by atoms with Crippen LogP contribution in [0, 0.1) is 0 Å². The van der Waals surface area contributed by atoms with Gasteiger partial charge in [0.05, 0.1) is 24.3 Å². The first-order valence-electron chi connectivity index (χ1n) is 17.0. The molecule has 2 fully saturated rings. The number of carbonyl (C=O) groups is 2. The molecule has 2 saturated heterocycles. The van der Waals surface area contributed by atoms with Crippen LogP contribution in [0.3, 0.4) is 0 Å². The first-order chi connectivity index (χ1) is 22.6. The number of hydrogen-bond acceptors (Lipinski definition) is 8. The van der Waals surface area contributed by atoms with Crippen LogP contribution in [0.4, 0.5) is 0 Å². The third kappa shape index (κ3) is 8.53. The van der Waals surface area contributed by atoms with Crippen molar-refractivity contribution in [2.75, 3.05) is 0 Å². The molecule has 5 rings (SSSR count). The number of benzene rings is 3. The molecule has 0 bridgehead atoms. The van der Waals surface area contributed by atoms with E-state index in [0.29, 0.717) is 50.0 Å². The lowest BCUT2D eigenvalue weighted by molar-refractivity contribution is -0.298. The SMILES string of the molecule is CC1(C)CC(OC(=O)c2cccc(C(=O)OC3CC(C)(C)N(OCc4ccccc4)C(C)(C)C3)c2)CC(C)(C)N1OCc1ccccc1. The van der Waals surface area contributed by atoms with Gasteiger partial charge in [-0.15, -0.1) is 0 Å². The number of rotatable bonds is 10. The summed E-state index contributed by atoms with van der Waals surface area (Å²) in [5.74, 6) is -0.905. The molecule has 8 nitrogen and oxygen atoms in total. The highest BCUT2D eigenvalue weighted by Gasteiger charge is 2.49. The van der Waals surface area contributed by atoms with Crippen molar-refractivity contribution in [2.45, 2.75) is 129 Å². The van der Waals surface area contributed by atoms with Crippen molar-refractivity contribution in [3.8, 4) is 0 Å². The molecule has 0 atom stereocenters. The summed E-state index contributed by atoms with van der Waals surface area (Å²) < 4.78 is 12.1. The Kier molecular flexibility index (Phi) is 10.5. The summed E-state index contributed by atoms with van der Waals surface area (Å²) in [7, 11) is 0. The zero-order valence-electron chi connectivity index (χ0n) is 29.8. The maximum atomic E-state index is 13.4. The Morgan fingerprint density at radius 2 is 0.875 bits per heavy atom. The molecule has 0 amide bonds. The molecule has 258 valence electrons. The van der Waals surface area contributed by atoms with Gasteiger partial charge in [-0.25, -0.2) is 9.59 Å². The second-order valence-electron chi connectivity index (χ2n) is 15.8. The van der Waals surface area contributed by atoms with Gasteiger partial charge in [-0.2, -0.15) is 10.1 Å². The van der Waals surface area contributed by atoms with Crippen molar-refractivity contribution in [3.05, 3.63) is 107 Å². The first-order valence-corrected chi connectivity index (χ1v) is 17.0. The Hall–Kier alpha value is -3.56. The molecule has 0 N–H and O–H groups in total. The molecule has 8 heteroatoms. The number of nitrogens with zero attached hydrogens (tertiary/aromatic N) is 2. The van der Waals surface area contributed by atoms with E-state index < -0.39 is 11.9 Å². The van der Waals surface area contributed by atoms with E-state index in [4.69, 9.17) is 19.1 Å². The predicted octanol–water partition coefficient (Wildman–Crippen LogP) is 8.31. The van der Waals surface area contributed by atoms with E-state index in [-0.39, 0.29) is 34.4 Å². The van der Waals surface area contributed by atoms with Crippen LogP contribution < -0.4 is 0 Å². The monoisotopic (exact) mass is 656 g/mol. The number of carbonyl (C=O) groups excluding carboxylic acids is 2. The topological polar surface area (TPSA) is 77.5 Å². The molecule has 2 aliphatic rings. The average molecular weight is 657 g/mol. The predicted molar refractivity (Wildman–Crippen MR) is 186 cm³/mol. The maximum Gasteiger partial charge on any atom is 0.338 e. The minimum atomic E-state index is -0.453. The van der Waals surface area contributed by atoms with E-state index >= 15 is 0 Å². The summed E-state index contributed by atoms with van der Waals surface area (Å²) >= 11 is 0. The summed E-state index contributed by atoms with van der Waals surface area (Å²) in [6, 6.07) is 26.8. The Morgan fingerprint density at radius 3 is 1.21 bits per heavy atom. The third-order valence-corrected chi connectivity index (χ3v) is 9.40. The summed E-state index contributed by atoms with van der Waals surface area (Å²) in [5.41, 5.74) is 1.34. The average Bonchev–Trinajstić information content (AvgIpc) is 3.00. The van der Waals surface area contributed by atoms with Gasteiger partial charge in [0.15, 0.2) is 0 Å².